The predicted octanol–water partition coefficient (Wildman–Crippen LogP) is 4.87. The quantitative estimate of drug-likeness (QED) is 0.744. The Kier molecular flexibility index (Phi) is 4.28. The summed E-state index contributed by atoms with van der Waals surface area (Å²) in [6.07, 6.45) is -0.823. The summed E-state index contributed by atoms with van der Waals surface area (Å²) in [4.78, 5) is 12.0. The summed E-state index contributed by atoms with van der Waals surface area (Å²) in [5.74, 6) is -0.123. The molecule has 0 saturated heterocycles. The largest absolute Gasteiger partial charge is 0.573 e. The van der Waals surface area contributed by atoms with Gasteiger partial charge in [-0.2, -0.15) is 0 Å². The number of halogens is 3. The first-order valence-corrected chi connectivity index (χ1v) is 7.45. The molecule has 0 radical (unpaired) electrons. The zero-order valence-corrected chi connectivity index (χ0v) is 13.0. The molecule has 0 aliphatic heterocycles. The summed E-state index contributed by atoms with van der Waals surface area (Å²) in [6.45, 7) is 6.14. The van der Waals surface area contributed by atoms with Gasteiger partial charge in [0.2, 0.25) is 0 Å². The Balaban J connectivity index is 2.40. The minimum Gasteiger partial charge on any atom is -0.406 e. The van der Waals surface area contributed by atoms with Crippen molar-refractivity contribution >= 4 is 6.29 Å². The van der Waals surface area contributed by atoms with Crippen LogP contribution in [0.25, 0.3) is 0 Å². The molecule has 0 bridgehead atoms. The summed E-state index contributed by atoms with van der Waals surface area (Å²) < 4.78 is 40.6. The number of hydrogen-bond acceptors (Lipinski definition) is 2. The van der Waals surface area contributed by atoms with Crippen molar-refractivity contribution in [2.45, 2.75) is 51.8 Å². The van der Waals surface area contributed by atoms with Crippen molar-refractivity contribution in [1.29, 1.82) is 0 Å². The second kappa shape index (κ2) is 5.60. The van der Waals surface area contributed by atoms with Crippen LogP contribution < -0.4 is 4.74 Å². The molecule has 1 aromatic rings. The molecule has 0 heterocycles. The maximum absolute atomic E-state index is 12.2. The Morgan fingerprint density at radius 1 is 1.23 bits per heavy atom. The van der Waals surface area contributed by atoms with Crippen LogP contribution in [-0.4, -0.2) is 12.6 Å². The van der Waals surface area contributed by atoms with E-state index in [-0.39, 0.29) is 17.1 Å². The van der Waals surface area contributed by atoms with Gasteiger partial charge in [0.05, 0.1) is 5.41 Å². The lowest BCUT2D eigenvalue weighted by atomic mass is 9.51. The van der Waals surface area contributed by atoms with Crippen LogP contribution in [0.3, 0.4) is 0 Å². The lowest BCUT2D eigenvalue weighted by Crippen LogP contribution is -2.51. The first-order valence-electron chi connectivity index (χ1n) is 7.45. The summed E-state index contributed by atoms with van der Waals surface area (Å²) >= 11 is 0. The van der Waals surface area contributed by atoms with Gasteiger partial charge in [0.1, 0.15) is 12.0 Å². The first kappa shape index (κ1) is 16.8. The molecule has 0 aromatic heterocycles. The average molecular weight is 314 g/mol. The number of carbonyl (C=O) groups is 1. The SMILES string of the molecule is C[C@H]1CCCC(C)(C)[C@@]1(C=O)c1ccc(OC(F)(F)F)cc1. The highest BCUT2D eigenvalue weighted by molar-refractivity contribution is 5.71. The third kappa shape index (κ3) is 2.85. The molecule has 0 unspecified atom stereocenters. The highest BCUT2D eigenvalue weighted by Gasteiger charge is 2.52. The fourth-order valence-electron chi connectivity index (χ4n) is 3.90. The molecule has 1 aliphatic carbocycles. The fraction of sp³-hybridized carbons (Fsp3) is 0.588. The van der Waals surface area contributed by atoms with E-state index in [1.165, 1.54) is 12.1 Å². The molecule has 2 atom stereocenters. The minimum atomic E-state index is -4.71. The lowest BCUT2D eigenvalue weighted by molar-refractivity contribution is -0.274. The third-order valence-corrected chi connectivity index (χ3v) is 5.09. The number of ether oxygens (including phenoxy) is 1. The van der Waals surface area contributed by atoms with E-state index < -0.39 is 11.8 Å². The number of benzene rings is 1. The maximum atomic E-state index is 12.2. The number of aldehydes is 1. The Morgan fingerprint density at radius 3 is 2.27 bits per heavy atom. The number of carbonyl (C=O) groups excluding carboxylic acids is 1. The van der Waals surface area contributed by atoms with Crippen LogP contribution >= 0.6 is 0 Å². The zero-order chi connectivity index (χ0) is 16.6. The number of rotatable bonds is 3. The molecule has 1 aromatic carbocycles. The highest BCUT2D eigenvalue weighted by Crippen LogP contribution is 2.53. The second-order valence-corrected chi connectivity index (χ2v) is 6.74. The topological polar surface area (TPSA) is 26.3 Å². The number of alkyl halides is 3. The summed E-state index contributed by atoms with van der Waals surface area (Å²) in [6, 6.07) is 5.73. The highest BCUT2D eigenvalue weighted by atomic mass is 19.4. The molecule has 122 valence electrons. The van der Waals surface area contributed by atoms with E-state index in [4.69, 9.17) is 0 Å². The van der Waals surface area contributed by atoms with Crippen LogP contribution in [0.5, 0.6) is 5.75 Å². The van der Waals surface area contributed by atoms with Crippen molar-refractivity contribution in [3.05, 3.63) is 29.8 Å². The van der Waals surface area contributed by atoms with E-state index in [2.05, 4.69) is 18.6 Å². The van der Waals surface area contributed by atoms with Crippen molar-refractivity contribution in [2.24, 2.45) is 11.3 Å². The van der Waals surface area contributed by atoms with Gasteiger partial charge in [-0.25, -0.2) is 0 Å². The van der Waals surface area contributed by atoms with E-state index in [1.54, 1.807) is 12.1 Å². The van der Waals surface area contributed by atoms with Crippen molar-refractivity contribution in [2.75, 3.05) is 0 Å². The van der Waals surface area contributed by atoms with Gasteiger partial charge in [0.25, 0.3) is 0 Å². The van der Waals surface area contributed by atoms with Gasteiger partial charge in [0.15, 0.2) is 0 Å². The average Bonchev–Trinajstić information content (AvgIpc) is 2.38. The second-order valence-electron chi connectivity index (χ2n) is 6.74. The van der Waals surface area contributed by atoms with Gasteiger partial charge in [0, 0.05) is 0 Å². The van der Waals surface area contributed by atoms with E-state index in [1.807, 2.05) is 6.92 Å². The zero-order valence-electron chi connectivity index (χ0n) is 13.0. The van der Waals surface area contributed by atoms with Gasteiger partial charge in [-0.1, -0.05) is 39.3 Å². The van der Waals surface area contributed by atoms with Crippen molar-refractivity contribution in [3.8, 4) is 5.75 Å². The molecule has 2 rings (SSSR count). The molecular formula is C17H21F3O2. The standard InChI is InChI=1S/C17H21F3O2/c1-12-5-4-10-15(2,3)16(12,11-21)13-6-8-14(9-7-13)22-17(18,19)20/h6-9,11-12H,4-5,10H2,1-3H3/t12-,16+/m0/s1. The molecule has 2 nitrogen and oxygen atoms in total. The van der Waals surface area contributed by atoms with Crippen LogP contribution in [0.2, 0.25) is 0 Å². The van der Waals surface area contributed by atoms with Crippen LogP contribution in [0, 0.1) is 11.3 Å². The van der Waals surface area contributed by atoms with Crippen molar-refractivity contribution in [1.82, 2.24) is 0 Å². The first-order chi connectivity index (χ1) is 10.1. The Labute approximate surface area is 128 Å². The molecule has 0 spiro atoms. The van der Waals surface area contributed by atoms with E-state index in [9.17, 15) is 18.0 Å². The minimum absolute atomic E-state index is 0.142. The monoisotopic (exact) mass is 314 g/mol. The van der Waals surface area contributed by atoms with Crippen LogP contribution in [0.4, 0.5) is 13.2 Å². The van der Waals surface area contributed by atoms with E-state index in [0.29, 0.717) is 0 Å². The molecule has 0 N–H and O–H groups in total. The van der Waals surface area contributed by atoms with Gasteiger partial charge >= 0.3 is 6.36 Å². The Morgan fingerprint density at radius 2 is 1.82 bits per heavy atom. The smallest absolute Gasteiger partial charge is 0.406 e. The molecule has 1 aliphatic rings. The number of hydrogen-bond donors (Lipinski definition) is 0. The molecule has 1 saturated carbocycles. The normalized spacial score (nSPS) is 28.2. The Hall–Kier alpha value is -1.52. The van der Waals surface area contributed by atoms with Crippen LogP contribution in [-0.2, 0) is 10.2 Å². The van der Waals surface area contributed by atoms with E-state index >= 15 is 0 Å². The van der Waals surface area contributed by atoms with Crippen molar-refractivity contribution in [3.63, 3.8) is 0 Å². The van der Waals surface area contributed by atoms with E-state index in [0.717, 1.165) is 31.1 Å². The fourth-order valence-corrected chi connectivity index (χ4v) is 3.90. The summed E-state index contributed by atoms with van der Waals surface area (Å²) in [5.41, 5.74) is -0.157. The van der Waals surface area contributed by atoms with Gasteiger partial charge in [-0.3, -0.25) is 0 Å². The molecular weight excluding hydrogens is 293 g/mol. The molecule has 22 heavy (non-hydrogen) atoms. The third-order valence-electron chi connectivity index (χ3n) is 5.09. The summed E-state index contributed by atoms with van der Waals surface area (Å²) in [5, 5.41) is 0. The molecule has 1 fully saturated rings. The van der Waals surface area contributed by atoms with Gasteiger partial charge in [-0.15, -0.1) is 13.2 Å². The Bertz CT molecular complexity index is 534. The van der Waals surface area contributed by atoms with Crippen LogP contribution in [0.15, 0.2) is 24.3 Å². The predicted molar refractivity (Wildman–Crippen MR) is 77.7 cm³/mol. The molecule has 5 heteroatoms. The summed E-state index contributed by atoms with van der Waals surface area (Å²) in [7, 11) is 0. The van der Waals surface area contributed by atoms with Crippen molar-refractivity contribution < 1.29 is 22.7 Å². The lowest BCUT2D eigenvalue weighted by Gasteiger charge is -2.51. The van der Waals surface area contributed by atoms with Crippen LogP contribution in [0.1, 0.15) is 45.6 Å². The van der Waals surface area contributed by atoms with Gasteiger partial charge < -0.3 is 9.53 Å². The maximum Gasteiger partial charge on any atom is 0.573 e. The molecule has 0 amide bonds. The van der Waals surface area contributed by atoms with Gasteiger partial charge in [-0.05, 0) is 41.9 Å².